The largest absolute Gasteiger partial charge is 0.467 e. The third kappa shape index (κ3) is 6.81. The first kappa shape index (κ1) is 35.6. The number of rotatable bonds is 12. The molecule has 17 heteroatoms. The Morgan fingerprint density at radius 1 is 1.08 bits per heavy atom. The predicted octanol–water partition coefficient (Wildman–Crippen LogP) is 5.08. The maximum absolute atomic E-state index is 14.7. The van der Waals surface area contributed by atoms with Crippen LogP contribution in [0.5, 0.6) is 0 Å². The zero-order chi connectivity index (χ0) is 36.2. The quantitative estimate of drug-likeness (QED) is 0.108. The van der Waals surface area contributed by atoms with Crippen LogP contribution >= 0.6 is 11.8 Å². The van der Waals surface area contributed by atoms with E-state index in [2.05, 4.69) is 10.3 Å². The smallest absolute Gasteiger partial charge is 0.331 e. The Kier molecular flexibility index (Phi) is 9.54. The fourth-order valence-corrected chi connectivity index (χ4v) is 9.13. The van der Waals surface area contributed by atoms with E-state index in [1.54, 1.807) is 30.7 Å². The summed E-state index contributed by atoms with van der Waals surface area (Å²) in [6, 6.07) is 8.88. The summed E-state index contributed by atoms with van der Waals surface area (Å²) >= 11 is 1.36. The second kappa shape index (κ2) is 13.7. The Morgan fingerprint density at radius 3 is 2.53 bits per heavy atom. The van der Waals surface area contributed by atoms with E-state index in [1.165, 1.54) is 41.4 Å². The molecule has 0 N–H and O–H groups in total. The van der Waals surface area contributed by atoms with Crippen LogP contribution in [-0.4, -0.2) is 89.0 Å². The van der Waals surface area contributed by atoms with Crippen LogP contribution in [0.4, 0.5) is 14.6 Å². The Balaban J connectivity index is 1.35. The molecule has 51 heavy (non-hydrogen) atoms. The molecule has 2 aromatic heterocycles. The van der Waals surface area contributed by atoms with Crippen LogP contribution in [-0.2, 0) is 33.8 Å². The van der Waals surface area contributed by atoms with E-state index in [9.17, 15) is 22.0 Å². The molecule has 6 atom stereocenters. The van der Waals surface area contributed by atoms with Gasteiger partial charge in [0.05, 0.1) is 30.2 Å². The van der Waals surface area contributed by atoms with Crippen molar-refractivity contribution in [2.24, 2.45) is 0 Å². The van der Waals surface area contributed by atoms with Crippen LogP contribution in [0.2, 0.25) is 0 Å². The molecule has 3 heterocycles. The predicted molar refractivity (Wildman–Crippen MR) is 182 cm³/mol. The van der Waals surface area contributed by atoms with Crippen LogP contribution in [0.15, 0.2) is 52.5 Å². The number of ether oxygens (including phenoxy) is 4. The number of fused-ring (bicyclic) bond motifs is 2. The van der Waals surface area contributed by atoms with Gasteiger partial charge in [-0.05, 0) is 63.4 Å². The van der Waals surface area contributed by atoms with Crippen molar-refractivity contribution in [3.8, 4) is 0 Å². The number of carbonyl (C=O) groups is 1. The molecule has 3 fully saturated rings. The van der Waals surface area contributed by atoms with Crippen LogP contribution in [0.1, 0.15) is 63.1 Å². The van der Waals surface area contributed by atoms with Crippen molar-refractivity contribution in [3.63, 3.8) is 0 Å². The SMILES string of the molecule is CCCSc1nc(N([C@@H]2C[C@H]2c2ccc(F)c(F)c2)S(=O)(=O)c2ccc(C)cc2)c2nnn([C@@H]3C[C@H](OCC(=O)OC)[C@H]4OC(C)(C)O[C@H]43)c2n1. The lowest BCUT2D eigenvalue weighted by molar-refractivity contribution is -0.173. The van der Waals surface area contributed by atoms with Gasteiger partial charge in [0.2, 0.25) is 0 Å². The minimum atomic E-state index is -4.28. The lowest BCUT2D eigenvalue weighted by Gasteiger charge is -2.25. The van der Waals surface area contributed by atoms with Crippen LogP contribution < -0.4 is 4.31 Å². The van der Waals surface area contributed by atoms with Crippen molar-refractivity contribution >= 4 is 44.7 Å². The molecule has 0 amide bonds. The lowest BCUT2D eigenvalue weighted by atomic mass is 10.1. The molecule has 2 saturated carbocycles. The topological polar surface area (TPSA) is 148 Å². The summed E-state index contributed by atoms with van der Waals surface area (Å²) in [4.78, 5) is 21.6. The van der Waals surface area contributed by atoms with Crippen molar-refractivity contribution in [2.45, 2.75) is 99.1 Å². The molecule has 13 nitrogen and oxygen atoms in total. The number of halogens is 2. The van der Waals surface area contributed by atoms with E-state index in [1.807, 2.05) is 13.8 Å². The van der Waals surface area contributed by atoms with E-state index in [0.717, 1.165) is 24.1 Å². The van der Waals surface area contributed by atoms with Crippen LogP contribution in [0.3, 0.4) is 0 Å². The molecule has 3 aliphatic rings. The molecule has 1 aliphatic heterocycles. The minimum Gasteiger partial charge on any atom is -0.467 e. The standard InChI is InChI=1S/C34H38F2N6O7S2/c1-6-13-50-33-37-31-28(39-40-41(31)25-16-26(47-17-27(43)46-5)30-29(25)48-34(3,4)49-30)32(38-33)42(51(44,45)20-10-7-18(2)8-11-20)24-15-21(24)19-9-12-22(35)23(36)14-19/h7-12,14,21,24-26,29-30H,6,13,15-17H2,1-5H3/t21-,24+,25+,26-,29-,30+/m0/s1. The third-order valence-corrected chi connectivity index (χ3v) is 12.2. The summed E-state index contributed by atoms with van der Waals surface area (Å²) in [5, 5.41) is 9.29. The van der Waals surface area contributed by atoms with E-state index < -0.39 is 69.7 Å². The number of hydrogen-bond donors (Lipinski definition) is 0. The monoisotopic (exact) mass is 744 g/mol. The number of esters is 1. The number of aromatic nitrogens is 5. The highest BCUT2D eigenvalue weighted by atomic mass is 32.2. The molecule has 1 saturated heterocycles. The average molecular weight is 745 g/mol. The number of methoxy groups -OCH3 is 1. The van der Waals surface area contributed by atoms with Crippen molar-refractivity contribution in [1.29, 1.82) is 0 Å². The summed E-state index contributed by atoms with van der Waals surface area (Å²) in [5.41, 5.74) is 1.75. The maximum atomic E-state index is 14.7. The van der Waals surface area contributed by atoms with Gasteiger partial charge in [-0.1, -0.05) is 47.7 Å². The number of anilines is 1. The molecule has 0 unspecified atom stereocenters. The molecular formula is C34H38F2N6O7S2. The van der Waals surface area contributed by atoms with Gasteiger partial charge in [-0.25, -0.2) is 40.9 Å². The van der Waals surface area contributed by atoms with Gasteiger partial charge in [0.15, 0.2) is 39.6 Å². The highest BCUT2D eigenvalue weighted by Crippen LogP contribution is 2.50. The van der Waals surface area contributed by atoms with Crippen LogP contribution in [0, 0.1) is 18.6 Å². The molecule has 0 radical (unpaired) electrons. The van der Waals surface area contributed by atoms with Gasteiger partial charge in [-0.3, -0.25) is 0 Å². The highest BCUT2D eigenvalue weighted by Gasteiger charge is 2.56. The molecular weight excluding hydrogens is 707 g/mol. The number of sulfonamides is 1. The van der Waals surface area contributed by atoms with Crippen molar-refractivity contribution in [3.05, 3.63) is 65.2 Å². The normalized spacial score (nSPS) is 25.2. The highest BCUT2D eigenvalue weighted by molar-refractivity contribution is 7.99. The van der Waals surface area contributed by atoms with E-state index in [4.69, 9.17) is 28.9 Å². The van der Waals surface area contributed by atoms with E-state index >= 15 is 0 Å². The first-order chi connectivity index (χ1) is 24.3. The molecule has 0 spiro atoms. The number of benzene rings is 2. The van der Waals surface area contributed by atoms with Gasteiger partial charge < -0.3 is 18.9 Å². The van der Waals surface area contributed by atoms with Crippen molar-refractivity contribution < 1.29 is 40.9 Å². The number of thioether (sulfide) groups is 1. The Labute approximate surface area is 298 Å². The summed E-state index contributed by atoms with van der Waals surface area (Å²) in [6.07, 6.45) is -0.214. The summed E-state index contributed by atoms with van der Waals surface area (Å²) in [5.74, 6) is -3.26. The fourth-order valence-electron chi connectivity index (χ4n) is 6.79. The number of nitrogens with zero attached hydrogens (tertiary/aromatic N) is 6. The average Bonchev–Trinajstić information content (AvgIpc) is 3.47. The fraction of sp³-hybridized carbons (Fsp3) is 0.500. The summed E-state index contributed by atoms with van der Waals surface area (Å²) in [7, 11) is -3.00. The summed E-state index contributed by atoms with van der Waals surface area (Å²) in [6.45, 7) is 7.15. The molecule has 272 valence electrons. The number of aryl methyl sites for hydroxylation is 1. The zero-order valence-electron chi connectivity index (χ0n) is 28.7. The van der Waals surface area contributed by atoms with Gasteiger partial charge in [0.25, 0.3) is 10.0 Å². The second-order valence-corrected chi connectivity index (χ2v) is 16.3. The second-order valence-electron chi connectivity index (χ2n) is 13.4. The van der Waals surface area contributed by atoms with Gasteiger partial charge >= 0.3 is 5.97 Å². The molecule has 2 aromatic carbocycles. The maximum Gasteiger partial charge on any atom is 0.331 e. The van der Waals surface area contributed by atoms with Gasteiger partial charge in [0, 0.05) is 18.1 Å². The van der Waals surface area contributed by atoms with Gasteiger partial charge in [0.1, 0.15) is 18.8 Å². The molecule has 2 aliphatic carbocycles. The number of carbonyl (C=O) groups excluding carboxylic acids is 1. The van der Waals surface area contributed by atoms with Gasteiger partial charge in [-0.15, -0.1) is 5.10 Å². The zero-order valence-corrected chi connectivity index (χ0v) is 30.3. The molecule has 0 bridgehead atoms. The first-order valence-electron chi connectivity index (χ1n) is 16.7. The third-order valence-electron chi connectivity index (χ3n) is 9.28. The van der Waals surface area contributed by atoms with E-state index in [0.29, 0.717) is 29.3 Å². The summed E-state index contributed by atoms with van der Waals surface area (Å²) < 4.78 is 83.6. The van der Waals surface area contributed by atoms with E-state index in [-0.39, 0.29) is 28.5 Å². The minimum absolute atomic E-state index is 0.0254. The molecule has 4 aromatic rings. The Bertz CT molecular complexity index is 2070. The van der Waals surface area contributed by atoms with Gasteiger partial charge in [-0.2, -0.15) is 0 Å². The van der Waals surface area contributed by atoms with Crippen molar-refractivity contribution in [2.75, 3.05) is 23.8 Å². The Hall–Kier alpha value is -3.77. The van der Waals surface area contributed by atoms with Crippen LogP contribution in [0.25, 0.3) is 11.2 Å². The lowest BCUT2D eigenvalue weighted by Crippen LogP contribution is -2.35. The first-order valence-corrected chi connectivity index (χ1v) is 19.1. The molecule has 7 rings (SSSR count). The number of hydrogen-bond acceptors (Lipinski definition) is 12. The Morgan fingerprint density at radius 2 is 1.82 bits per heavy atom. The van der Waals surface area contributed by atoms with Crippen molar-refractivity contribution in [1.82, 2.24) is 25.0 Å².